The Bertz CT molecular complexity index is 762. The van der Waals surface area contributed by atoms with E-state index >= 15 is 0 Å². The fourth-order valence-corrected chi connectivity index (χ4v) is 3.31. The Labute approximate surface area is 160 Å². The summed E-state index contributed by atoms with van der Waals surface area (Å²) < 4.78 is 1.94. The SMILES string of the molecule is Cc1nnc(CN=C(NCC(C)(O)c2ccccc2)NC2CCCC2)n1C. The predicted molar refractivity (Wildman–Crippen MR) is 106 cm³/mol. The molecule has 0 spiro atoms. The van der Waals surface area contributed by atoms with Crippen molar-refractivity contribution < 1.29 is 5.11 Å². The number of nitrogens with zero attached hydrogens (tertiary/aromatic N) is 4. The first kappa shape index (κ1) is 19.4. The number of guanidine groups is 1. The molecule has 0 bridgehead atoms. The quantitative estimate of drug-likeness (QED) is 0.535. The number of rotatable bonds is 6. The fraction of sp³-hybridized carbons (Fsp3) is 0.550. The van der Waals surface area contributed by atoms with E-state index in [4.69, 9.17) is 0 Å². The Morgan fingerprint density at radius 3 is 2.59 bits per heavy atom. The van der Waals surface area contributed by atoms with Crippen LogP contribution in [0, 0.1) is 6.92 Å². The molecule has 0 saturated heterocycles. The Kier molecular flexibility index (Phi) is 6.11. The molecule has 1 aromatic heterocycles. The number of aliphatic hydroxyl groups is 1. The first-order valence-corrected chi connectivity index (χ1v) is 9.63. The second-order valence-corrected chi connectivity index (χ2v) is 7.51. The van der Waals surface area contributed by atoms with Gasteiger partial charge in [-0.3, -0.25) is 0 Å². The number of aliphatic imine (C=N–C) groups is 1. The average molecular weight is 371 g/mol. The Morgan fingerprint density at radius 2 is 1.96 bits per heavy atom. The van der Waals surface area contributed by atoms with E-state index in [9.17, 15) is 5.11 Å². The van der Waals surface area contributed by atoms with Gasteiger partial charge >= 0.3 is 0 Å². The summed E-state index contributed by atoms with van der Waals surface area (Å²) in [6, 6.07) is 10.1. The maximum Gasteiger partial charge on any atom is 0.192 e. The second-order valence-electron chi connectivity index (χ2n) is 7.51. The van der Waals surface area contributed by atoms with Gasteiger partial charge in [0.25, 0.3) is 0 Å². The Balaban J connectivity index is 1.69. The molecule has 1 saturated carbocycles. The zero-order valence-electron chi connectivity index (χ0n) is 16.4. The molecule has 27 heavy (non-hydrogen) atoms. The van der Waals surface area contributed by atoms with Crippen molar-refractivity contribution in [2.75, 3.05) is 6.54 Å². The monoisotopic (exact) mass is 370 g/mol. The largest absolute Gasteiger partial charge is 0.384 e. The van der Waals surface area contributed by atoms with E-state index in [2.05, 4.69) is 25.8 Å². The van der Waals surface area contributed by atoms with E-state index in [0.29, 0.717) is 25.1 Å². The van der Waals surface area contributed by atoms with E-state index in [1.165, 1.54) is 12.8 Å². The van der Waals surface area contributed by atoms with Crippen LogP contribution in [0.3, 0.4) is 0 Å². The lowest BCUT2D eigenvalue weighted by atomic mass is 9.96. The molecule has 1 aliphatic carbocycles. The molecule has 0 aliphatic heterocycles. The zero-order chi connectivity index (χ0) is 19.3. The van der Waals surface area contributed by atoms with Gasteiger partial charge in [-0.15, -0.1) is 10.2 Å². The van der Waals surface area contributed by atoms with Gasteiger partial charge in [0.2, 0.25) is 0 Å². The maximum atomic E-state index is 10.9. The Hall–Kier alpha value is -2.41. The molecule has 3 rings (SSSR count). The minimum absolute atomic E-state index is 0.368. The number of hydrogen-bond donors (Lipinski definition) is 3. The molecule has 1 fully saturated rings. The van der Waals surface area contributed by atoms with Gasteiger partial charge in [-0.25, -0.2) is 4.99 Å². The summed E-state index contributed by atoms with van der Waals surface area (Å²) in [6.45, 7) is 4.54. The minimum Gasteiger partial charge on any atom is -0.384 e. The van der Waals surface area contributed by atoms with E-state index in [1.54, 1.807) is 0 Å². The van der Waals surface area contributed by atoms with Gasteiger partial charge in [0.05, 0.1) is 6.54 Å². The van der Waals surface area contributed by atoms with Gasteiger partial charge < -0.3 is 20.3 Å². The molecular formula is C20H30N6O. The highest BCUT2D eigenvalue weighted by atomic mass is 16.3. The summed E-state index contributed by atoms with van der Waals surface area (Å²) in [7, 11) is 1.94. The van der Waals surface area contributed by atoms with Crippen molar-refractivity contribution in [2.45, 2.75) is 57.7 Å². The number of nitrogens with one attached hydrogen (secondary N) is 2. The van der Waals surface area contributed by atoms with E-state index < -0.39 is 5.60 Å². The summed E-state index contributed by atoms with van der Waals surface area (Å²) in [5.41, 5.74) is -0.109. The zero-order valence-corrected chi connectivity index (χ0v) is 16.4. The molecule has 1 aromatic carbocycles. The predicted octanol–water partition coefficient (Wildman–Crippen LogP) is 2.01. The molecule has 7 nitrogen and oxygen atoms in total. The van der Waals surface area contributed by atoms with Crippen LogP contribution in [0.4, 0.5) is 0 Å². The van der Waals surface area contributed by atoms with E-state index in [0.717, 1.165) is 30.1 Å². The summed E-state index contributed by atoms with van der Waals surface area (Å²) in [5, 5.41) is 25.9. The number of benzene rings is 1. The number of aryl methyl sites for hydroxylation is 1. The molecule has 1 heterocycles. The van der Waals surface area contributed by atoms with Gasteiger partial charge in [-0.05, 0) is 32.3 Å². The number of hydrogen-bond acceptors (Lipinski definition) is 4. The van der Waals surface area contributed by atoms with Crippen LogP contribution in [-0.4, -0.2) is 38.4 Å². The van der Waals surface area contributed by atoms with Crippen LogP contribution in [0.15, 0.2) is 35.3 Å². The van der Waals surface area contributed by atoms with Gasteiger partial charge in [0.15, 0.2) is 11.8 Å². The smallest absolute Gasteiger partial charge is 0.192 e. The first-order chi connectivity index (χ1) is 13.0. The normalized spacial score (nSPS) is 17.7. The van der Waals surface area contributed by atoms with E-state index in [-0.39, 0.29) is 0 Å². The van der Waals surface area contributed by atoms with Crippen LogP contribution in [-0.2, 0) is 19.2 Å². The molecule has 1 atom stereocenters. The van der Waals surface area contributed by atoms with Crippen molar-refractivity contribution >= 4 is 5.96 Å². The summed E-state index contributed by atoms with van der Waals surface area (Å²) in [6.07, 6.45) is 4.79. The molecular weight excluding hydrogens is 340 g/mol. The van der Waals surface area contributed by atoms with E-state index in [1.807, 2.05) is 55.8 Å². The third-order valence-electron chi connectivity index (χ3n) is 5.25. The molecule has 0 radical (unpaired) electrons. The molecule has 146 valence electrons. The highest BCUT2D eigenvalue weighted by Crippen LogP contribution is 2.20. The molecule has 2 aromatic rings. The lowest BCUT2D eigenvalue weighted by Gasteiger charge is -2.26. The lowest BCUT2D eigenvalue weighted by molar-refractivity contribution is 0.0616. The van der Waals surface area contributed by atoms with Crippen molar-refractivity contribution in [3.8, 4) is 0 Å². The van der Waals surface area contributed by atoms with Crippen LogP contribution >= 0.6 is 0 Å². The standard InChI is InChI=1S/C20H30N6O/c1-15-24-25-18(26(15)3)13-21-19(23-17-11-7-8-12-17)22-14-20(2,27)16-9-5-4-6-10-16/h4-6,9-10,17,27H,7-8,11-14H2,1-3H3,(H2,21,22,23). The molecule has 7 heteroatoms. The van der Waals surface area contributed by atoms with Crippen LogP contribution in [0.1, 0.15) is 49.8 Å². The fourth-order valence-electron chi connectivity index (χ4n) is 3.31. The van der Waals surface area contributed by atoms with Crippen LogP contribution < -0.4 is 10.6 Å². The maximum absolute atomic E-state index is 10.9. The molecule has 0 amide bonds. The third kappa shape index (κ3) is 5.07. The van der Waals surface area contributed by atoms with Gasteiger partial charge in [0, 0.05) is 13.1 Å². The topological polar surface area (TPSA) is 87.4 Å². The lowest BCUT2D eigenvalue weighted by Crippen LogP contribution is -2.47. The average Bonchev–Trinajstić information content (AvgIpc) is 3.29. The van der Waals surface area contributed by atoms with Crippen molar-refractivity contribution in [2.24, 2.45) is 12.0 Å². The summed E-state index contributed by atoms with van der Waals surface area (Å²) >= 11 is 0. The minimum atomic E-state index is -0.985. The van der Waals surface area contributed by atoms with Gasteiger partial charge in [-0.1, -0.05) is 43.2 Å². The second kappa shape index (κ2) is 8.52. The highest BCUT2D eigenvalue weighted by Gasteiger charge is 2.24. The first-order valence-electron chi connectivity index (χ1n) is 9.63. The van der Waals surface area contributed by atoms with Crippen molar-refractivity contribution in [3.63, 3.8) is 0 Å². The molecule has 1 unspecified atom stereocenters. The third-order valence-corrected chi connectivity index (χ3v) is 5.25. The van der Waals surface area contributed by atoms with Crippen molar-refractivity contribution in [1.29, 1.82) is 0 Å². The molecule has 1 aliphatic rings. The van der Waals surface area contributed by atoms with Crippen molar-refractivity contribution in [3.05, 3.63) is 47.5 Å². The highest BCUT2D eigenvalue weighted by molar-refractivity contribution is 5.80. The van der Waals surface area contributed by atoms with Crippen LogP contribution in [0.5, 0.6) is 0 Å². The van der Waals surface area contributed by atoms with Gasteiger partial charge in [-0.2, -0.15) is 0 Å². The molecule has 3 N–H and O–H groups in total. The van der Waals surface area contributed by atoms with Crippen LogP contribution in [0.2, 0.25) is 0 Å². The van der Waals surface area contributed by atoms with Crippen molar-refractivity contribution in [1.82, 2.24) is 25.4 Å². The van der Waals surface area contributed by atoms with Gasteiger partial charge in [0.1, 0.15) is 18.0 Å². The summed E-state index contributed by atoms with van der Waals surface area (Å²) in [5.74, 6) is 2.39. The number of aromatic nitrogens is 3. The van der Waals surface area contributed by atoms with Crippen LogP contribution in [0.25, 0.3) is 0 Å². The Morgan fingerprint density at radius 1 is 1.26 bits per heavy atom. The summed E-state index contributed by atoms with van der Waals surface area (Å²) in [4.78, 5) is 4.69.